The molecule has 1 aromatic rings. The minimum Gasteiger partial charge on any atom is -0.466 e. The van der Waals surface area contributed by atoms with Crippen molar-refractivity contribution in [3.05, 3.63) is 35.9 Å². The molecule has 0 spiro atoms. The van der Waals surface area contributed by atoms with Crippen molar-refractivity contribution in [3.63, 3.8) is 0 Å². The van der Waals surface area contributed by atoms with E-state index in [2.05, 4.69) is 0 Å². The highest BCUT2D eigenvalue weighted by molar-refractivity contribution is 5.82. The summed E-state index contributed by atoms with van der Waals surface area (Å²) in [5.41, 5.74) is 0.908. The van der Waals surface area contributed by atoms with Crippen molar-refractivity contribution in [2.24, 2.45) is 11.8 Å². The summed E-state index contributed by atoms with van der Waals surface area (Å²) in [7, 11) is 0. The maximum atomic E-state index is 12.4. The molecule has 142 valence electrons. The number of carbonyl (C=O) groups excluding carboxylic acids is 3. The van der Waals surface area contributed by atoms with Crippen LogP contribution in [-0.2, 0) is 35.2 Å². The predicted octanol–water partition coefficient (Wildman–Crippen LogP) is 3.03. The Bertz CT molecular complexity index is 598. The van der Waals surface area contributed by atoms with Gasteiger partial charge in [0.25, 0.3) is 0 Å². The van der Waals surface area contributed by atoms with Crippen LogP contribution < -0.4 is 0 Å². The third-order valence-corrected chi connectivity index (χ3v) is 4.45. The summed E-state index contributed by atoms with van der Waals surface area (Å²) in [6.45, 7) is 2.18. The van der Waals surface area contributed by atoms with Crippen molar-refractivity contribution in [3.8, 4) is 0 Å². The van der Waals surface area contributed by atoms with Crippen LogP contribution in [0.1, 0.15) is 44.6 Å². The van der Waals surface area contributed by atoms with E-state index < -0.39 is 23.8 Å². The molecule has 0 unspecified atom stereocenters. The maximum Gasteiger partial charge on any atom is 0.310 e. The first-order valence-electron chi connectivity index (χ1n) is 9.14. The van der Waals surface area contributed by atoms with Crippen LogP contribution in [0.5, 0.6) is 0 Å². The summed E-state index contributed by atoms with van der Waals surface area (Å²) in [6.07, 6.45) is 3.00. The lowest BCUT2D eigenvalue weighted by atomic mass is 9.79. The molecule has 0 saturated heterocycles. The van der Waals surface area contributed by atoms with Gasteiger partial charge >= 0.3 is 17.9 Å². The van der Waals surface area contributed by atoms with Gasteiger partial charge in [-0.25, -0.2) is 0 Å². The Morgan fingerprint density at radius 2 is 1.54 bits per heavy atom. The van der Waals surface area contributed by atoms with Gasteiger partial charge in [0.1, 0.15) is 13.2 Å². The second-order valence-corrected chi connectivity index (χ2v) is 6.31. The Balaban J connectivity index is 1.84. The normalized spacial score (nSPS) is 19.4. The molecule has 6 heteroatoms. The fourth-order valence-electron chi connectivity index (χ4n) is 3.11. The molecule has 1 saturated carbocycles. The lowest BCUT2D eigenvalue weighted by molar-refractivity contribution is -0.164. The first kappa shape index (κ1) is 19.9. The van der Waals surface area contributed by atoms with Gasteiger partial charge in [0.2, 0.25) is 0 Å². The lowest BCUT2D eigenvalue weighted by Gasteiger charge is -2.28. The van der Waals surface area contributed by atoms with Gasteiger partial charge in [-0.3, -0.25) is 14.4 Å². The van der Waals surface area contributed by atoms with Crippen LogP contribution in [0.3, 0.4) is 0 Å². The highest BCUT2D eigenvalue weighted by atomic mass is 16.6. The summed E-state index contributed by atoms with van der Waals surface area (Å²) < 4.78 is 15.4. The number of hydrogen-bond acceptors (Lipinski definition) is 6. The zero-order valence-corrected chi connectivity index (χ0v) is 15.1. The number of hydrogen-bond donors (Lipinski definition) is 0. The molecule has 0 radical (unpaired) electrons. The van der Waals surface area contributed by atoms with Gasteiger partial charge in [-0.15, -0.1) is 0 Å². The van der Waals surface area contributed by atoms with E-state index in [-0.39, 0.29) is 25.6 Å². The van der Waals surface area contributed by atoms with E-state index in [0.717, 1.165) is 18.4 Å². The van der Waals surface area contributed by atoms with Crippen molar-refractivity contribution < 1.29 is 28.6 Å². The van der Waals surface area contributed by atoms with Crippen molar-refractivity contribution >= 4 is 17.9 Å². The van der Waals surface area contributed by atoms with Gasteiger partial charge in [-0.05, 0) is 25.3 Å². The average Bonchev–Trinajstić information content (AvgIpc) is 2.67. The molecule has 0 amide bonds. The Kier molecular flexibility index (Phi) is 8.12. The molecule has 0 aliphatic heterocycles. The topological polar surface area (TPSA) is 78.9 Å². The van der Waals surface area contributed by atoms with E-state index in [1.165, 1.54) is 0 Å². The second-order valence-electron chi connectivity index (χ2n) is 6.31. The molecular formula is C20H26O6. The fourth-order valence-corrected chi connectivity index (χ4v) is 3.11. The number of carbonyl (C=O) groups is 3. The van der Waals surface area contributed by atoms with Crippen LogP contribution in [-0.4, -0.2) is 31.1 Å². The molecule has 1 aliphatic carbocycles. The monoisotopic (exact) mass is 362 g/mol. The van der Waals surface area contributed by atoms with Crippen LogP contribution in [0, 0.1) is 11.8 Å². The van der Waals surface area contributed by atoms with Crippen molar-refractivity contribution in [2.45, 2.75) is 45.6 Å². The highest BCUT2D eigenvalue weighted by Crippen LogP contribution is 2.32. The van der Waals surface area contributed by atoms with E-state index in [4.69, 9.17) is 14.2 Å². The highest BCUT2D eigenvalue weighted by Gasteiger charge is 2.37. The van der Waals surface area contributed by atoms with Crippen molar-refractivity contribution in [1.82, 2.24) is 0 Å². The summed E-state index contributed by atoms with van der Waals surface area (Å²) in [4.78, 5) is 36.1. The molecule has 1 aliphatic rings. The molecule has 1 fully saturated rings. The van der Waals surface area contributed by atoms with Gasteiger partial charge in [0, 0.05) is 0 Å². The standard InChI is InChI=1S/C20H26O6/c1-2-24-18(21)12-13-25-19(22)16-10-6-7-11-17(16)20(23)26-14-15-8-4-3-5-9-15/h3-5,8-9,16-17H,2,6-7,10-14H2,1H3/t16-,17+/m1/s1. The van der Waals surface area contributed by atoms with E-state index in [9.17, 15) is 14.4 Å². The van der Waals surface area contributed by atoms with E-state index in [0.29, 0.717) is 19.4 Å². The van der Waals surface area contributed by atoms with Crippen LogP contribution in [0.2, 0.25) is 0 Å². The smallest absolute Gasteiger partial charge is 0.310 e. The van der Waals surface area contributed by atoms with Gasteiger partial charge in [-0.2, -0.15) is 0 Å². The molecule has 2 rings (SSSR count). The molecule has 0 bridgehead atoms. The van der Waals surface area contributed by atoms with E-state index in [1.54, 1.807) is 6.92 Å². The lowest BCUT2D eigenvalue weighted by Crippen LogP contribution is -2.35. The number of ether oxygens (including phenoxy) is 3. The number of esters is 3. The van der Waals surface area contributed by atoms with Gasteiger partial charge in [-0.1, -0.05) is 43.2 Å². The van der Waals surface area contributed by atoms with Crippen LogP contribution in [0.4, 0.5) is 0 Å². The second kappa shape index (κ2) is 10.6. The Morgan fingerprint density at radius 1 is 0.923 bits per heavy atom. The quantitative estimate of drug-likeness (QED) is 0.522. The van der Waals surface area contributed by atoms with Crippen LogP contribution in [0.15, 0.2) is 30.3 Å². The summed E-state index contributed by atoms with van der Waals surface area (Å²) in [5.74, 6) is -2.18. The Labute approximate surface area is 153 Å². The van der Waals surface area contributed by atoms with Gasteiger partial charge in [0.05, 0.1) is 24.9 Å². The third kappa shape index (κ3) is 6.17. The Morgan fingerprint density at radius 3 is 2.15 bits per heavy atom. The maximum absolute atomic E-state index is 12.4. The van der Waals surface area contributed by atoms with Crippen LogP contribution >= 0.6 is 0 Å². The van der Waals surface area contributed by atoms with Crippen molar-refractivity contribution in [1.29, 1.82) is 0 Å². The van der Waals surface area contributed by atoms with Crippen LogP contribution in [0.25, 0.3) is 0 Å². The number of rotatable bonds is 8. The minimum absolute atomic E-state index is 0.0232. The molecule has 0 N–H and O–H groups in total. The molecule has 0 aromatic heterocycles. The van der Waals surface area contributed by atoms with Gasteiger partial charge < -0.3 is 14.2 Å². The average molecular weight is 362 g/mol. The molecular weight excluding hydrogens is 336 g/mol. The molecule has 2 atom stereocenters. The summed E-state index contributed by atoms with van der Waals surface area (Å²) >= 11 is 0. The fraction of sp³-hybridized carbons (Fsp3) is 0.550. The predicted molar refractivity (Wildman–Crippen MR) is 93.9 cm³/mol. The SMILES string of the molecule is CCOC(=O)CCOC(=O)[C@@H]1CCCC[C@@H]1C(=O)OCc1ccccc1. The molecule has 6 nitrogen and oxygen atoms in total. The summed E-state index contributed by atoms with van der Waals surface area (Å²) in [5, 5.41) is 0. The van der Waals surface area contributed by atoms with E-state index in [1.807, 2.05) is 30.3 Å². The Hall–Kier alpha value is -2.37. The number of benzene rings is 1. The zero-order valence-electron chi connectivity index (χ0n) is 15.1. The first-order valence-corrected chi connectivity index (χ1v) is 9.14. The zero-order chi connectivity index (χ0) is 18.8. The largest absolute Gasteiger partial charge is 0.466 e. The summed E-state index contributed by atoms with van der Waals surface area (Å²) in [6, 6.07) is 9.43. The molecule has 0 heterocycles. The van der Waals surface area contributed by atoms with Gasteiger partial charge in [0.15, 0.2) is 0 Å². The van der Waals surface area contributed by atoms with Crippen molar-refractivity contribution in [2.75, 3.05) is 13.2 Å². The first-order chi connectivity index (χ1) is 12.6. The third-order valence-electron chi connectivity index (χ3n) is 4.45. The van der Waals surface area contributed by atoms with E-state index >= 15 is 0 Å². The molecule has 1 aromatic carbocycles. The molecule has 26 heavy (non-hydrogen) atoms. The minimum atomic E-state index is -0.505.